The monoisotopic (exact) mass is 234 g/mol. The van der Waals surface area contributed by atoms with Crippen LogP contribution in [0.3, 0.4) is 0 Å². The first-order valence-corrected chi connectivity index (χ1v) is 5.94. The van der Waals surface area contributed by atoms with Crippen molar-refractivity contribution in [3.05, 3.63) is 29.8 Å². The van der Waals surface area contributed by atoms with Crippen LogP contribution in [-0.4, -0.2) is 32.7 Å². The van der Waals surface area contributed by atoms with Crippen molar-refractivity contribution < 1.29 is 9.53 Å². The van der Waals surface area contributed by atoms with Crippen LogP contribution >= 0.6 is 0 Å². The van der Waals surface area contributed by atoms with Gasteiger partial charge in [0.2, 0.25) is 0 Å². The Morgan fingerprint density at radius 3 is 3.00 bits per heavy atom. The predicted octanol–water partition coefficient (Wildman–Crippen LogP) is 1.49. The number of hydrogen-bond donors (Lipinski definition) is 2. The van der Waals surface area contributed by atoms with Crippen molar-refractivity contribution in [3.63, 3.8) is 0 Å². The maximum absolute atomic E-state index is 12.0. The zero-order chi connectivity index (χ0) is 12.1. The van der Waals surface area contributed by atoms with Gasteiger partial charge < -0.3 is 15.4 Å². The number of benzene rings is 1. The molecule has 4 heteroatoms. The van der Waals surface area contributed by atoms with E-state index in [1.807, 2.05) is 31.3 Å². The minimum Gasteiger partial charge on any atom is -0.387 e. The van der Waals surface area contributed by atoms with Crippen LogP contribution in [-0.2, 0) is 4.74 Å². The van der Waals surface area contributed by atoms with Crippen LogP contribution in [0.15, 0.2) is 24.3 Å². The van der Waals surface area contributed by atoms with E-state index in [1.165, 1.54) is 0 Å². The molecule has 1 aromatic rings. The van der Waals surface area contributed by atoms with Gasteiger partial charge in [0.1, 0.15) is 0 Å². The topological polar surface area (TPSA) is 50.4 Å². The average molecular weight is 234 g/mol. The van der Waals surface area contributed by atoms with E-state index >= 15 is 0 Å². The number of carbonyl (C=O) groups is 1. The van der Waals surface area contributed by atoms with E-state index < -0.39 is 0 Å². The number of hydrogen-bond acceptors (Lipinski definition) is 3. The molecule has 2 N–H and O–H groups in total. The van der Waals surface area contributed by atoms with Gasteiger partial charge in [0.05, 0.1) is 12.2 Å². The third-order valence-electron chi connectivity index (χ3n) is 3.02. The highest BCUT2D eigenvalue weighted by Crippen LogP contribution is 2.15. The van der Waals surface area contributed by atoms with Crippen LogP contribution in [0.25, 0.3) is 0 Å². The normalized spacial score (nSPS) is 19.0. The van der Waals surface area contributed by atoms with E-state index in [0.717, 1.165) is 25.3 Å². The van der Waals surface area contributed by atoms with Crippen LogP contribution in [0.1, 0.15) is 16.8 Å². The lowest BCUT2D eigenvalue weighted by Gasteiger charge is -2.12. The maximum atomic E-state index is 12.0. The zero-order valence-corrected chi connectivity index (χ0v) is 10.0. The molecule has 1 atom stereocenters. The standard InChI is InChI=1S/C13H18N2O2/c1-14-12-5-3-2-4-11(12)13(16)15-8-10-6-7-17-9-10/h2-5,10,14H,6-9H2,1H3,(H,15,16). The van der Waals surface area contributed by atoms with Gasteiger partial charge in [0.25, 0.3) is 5.91 Å². The molecule has 1 amide bonds. The molecular formula is C13H18N2O2. The fourth-order valence-electron chi connectivity index (χ4n) is 1.98. The van der Waals surface area contributed by atoms with Gasteiger partial charge in [0, 0.05) is 31.8 Å². The molecule has 92 valence electrons. The summed E-state index contributed by atoms with van der Waals surface area (Å²) >= 11 is 0. The van der Waals surface area contributed by atoms with Crippen LogP contribution in [0.5, 0.6) is 0 Å². The molecule has 0 radical (unpaired) electrons. The average Bonchev–Trinajstić information content (AvgIpc) is 2.89. The number of ether oxygens (including phenoxy) is 1. The second-order valence-corrected chi connectivity index (χ2v) is 4.24. The van der Waals surface area contributed by atoms with Gasteiger partial charge in [-0.3, -0.25) is 4.79 Å². The van der Waals surface area contributed by atoms with Gasteiger partial charge >= 0.3 is 0 Å². The van der Waals surface area contributed by atoms with Gasteiger partial charge in [0.15, 0.2) is 0 Å². The Morgan fingerprint density at radius 2 is 2.29 bits per heavy atom. The molecule has 17 heavy (non-hydrogen) atoms. The van der Waals surface area contributed by atoms with Crippen LogP contribution < -0.4 is 10.6 Å². The maximum Gasteiger partial charge on any atom is 0.253 e. The number of anilines is 1. The fraction of sp³-hybridized carbons (Fsp3) is 0.462. The first kappa shape index (κ1) is 11.9. The molecule has 0 spiro atoms. The largest absolute Gasteiger partial charge is 0.387 e. The molecule has 1 aliphatic heterocycles. The summed E-state index contributed by atoms with van der Waals surface area (Å²) in [5.41, 5.74) is 1.54. The Balaban J connectivity index is 1.94. The minimum absolute atomic E-state index is 0.0261. The van der Waals surface area contributed by atoms with Crippen molar-refractivity contribution in [2.24, 2.45) is 5.92 Å². The summed E-state index contributed by atoms with van der Waals surface area (Å²) in [5, 5.41) is 5.98. The third kappa shape index (κ3) is 2.97. The van der Waals surface area contributed by atoms with Crippen molar-refractivity contribution in [1.29, 1.82) is 0 Å². The van der Waals surface area contributed by atoms with Crippen LogP contribution in [0.4, 0.5) is 5.69 Å². The summed E-state index contributed by atoms with van der Waals surface area (Å²) in [6, 6.07) is 7.50. The van der Waals surface area contributed by atoms with E-state index in [4.69, 9.17) is 4.74 Å². The Bertz CT molecular complexity index is 387. The van der Waals surface area contributed by atoms with Gasteiger partial charge in [-0.05, 0) is 18.6 Å². The Kier molecular flexibility index (Phi) is 3.98. The molecule has 2 rings (SSSR count). The lowest BCUT2D eigenvalue weighted by Crippen LogP contribution is -2.29. The number of para-hydroxylation sites is 1. The highest BCUT2D eigenvalue weighted by molar-refractivity contribution is 5.99. The van der Waals surface area contributed by atoms with Gasteiger partial charge in [-0.25, -0.2) is 0 Å². The molecule has 0 saturated carbocycles. The first-order chi connectivity index (χ1) is 8.31. The molecule has 0 aromatic heterocycles. The lowest BCUT2D eigenvalue weighted by atomic mass is 10.1. The molecule has 1 unspecified atom stereocenters. The Hall–Kier alpha value is -1.55. The van der Waals surface area contributed by atoms with E-state index in [1.54, 1.807) is 0 Å². The SMILES string of the molecule is CNc1ccccc1C(=O)NCC1CCOC1. The van der Waals surface area contributed by atoms with Gasteiger partial charge in [-0.15, -0.1) is 0 Å². The van der Waals surface area contributed by atoms with Crippen molar-refractivity contribution in [2.45, 2.75) is 6.42 Å². The summed E-state index contributed by atoms with van der Waals surface area (Å²) in [5.74, 6) is 0.433. The van der Waals surface area contributed by atoms with Crippen molar-refractivity contribution in [1.82, 2.24) is 5.32 Å². The smallest absolute Gasteiger partial charge is 0.253 e. The van der Waals surface area contributed by atoms with E-state index in [9.17, 15) is 4.79 Å². The molecule has 1 saturated heterocycles. The van der Waals surface area contributed by atoms with E-state index in [2.05, 4.69) is 10.6 Å². The summed E-state index contributed by atoms with van der Waals surface area (Å²) in [7, 11) is 1.82. The van der Waals surface area contributed by atoms with Crippen LogP contribution in [0, 0.1) is 5.92 Å². The number of nitrogens with one attached hydrogen (secondary N) is 2. The molecule has 4 nitrogen and oxygen atoms in total. The van der Waals surface area contributed by atoms with Crippen molar-refractivity contribution >= 4 is 11.6 Å². The first-order valence-electron chi connectivity index (χ1n) is 5.94. The third-order valence-corrected chi connectivity index (χ3v) is 3.02. The quantitative estimate of drug-likeness (QED) is 0.830. The second kappa shape index (κ2) is 5.68. The second-order valence-electron chi connectivity index (χ2n) is 4.24. The summed E-state index contributed by atoms with van der Waals surface area (Å²) < 4.78 is 5.28. The molecule has 0 bridgehead atoms. The van der Waals surface area contributed by atoms with E-state index in [-0.39, 0.29) is 5.91 Å². The molecule has 1 fully saturated rings. The predicted molar refractivity (Wildman–Crippen MR) is 67.2 cm³/mol. The Labute approximate surface area is 101 Å². The van der Waals surface area contributed by atoms with Gasteiger partial charge in [-0.2, -0.15) is 0 Å². The molecule has 1 aliphatic rings. The number of carbonyl (C=O) groups excluding carboxylic acids is 1. The fourth-order valence-corrected chi connectivity index (χ4v) is 1.98. The number of amides is 1. The van der Waals surface area contributed by atoms with Gasteiger partial charge in [-0.1, -0.05) is 12.1 Å². The lowest BCUT2D eigenvalue weighted by molar-refractivity contribution is 0.0946. The molecule has 1 heterocycles. The highest BCUT2D eigenvalue weighted by Gasteiger charge is 2.17. The van der Waals surface area contributed by atoms with E-state index in [0.29, 0.717) is 18.0 Å². The van der Waals surface area contributed by atoms with Crippen molar-refractivity contribution in [2.75, 3.05) is 32.1 Å². The summed E-state index contributed by atoms with van der Waals surface area (Å²) in [6.07, 6.45) is 1.04. The summed E-state index contributed by atoms with van der Waals surface area (Å²) in [6.45, 7) is 2.26. The summed E-state index contributed by atoms with van der Waals surface area (Å²) in [4.78, 5) is 12.0. The Morgan fingerprint density at radius 1 is 1.47 bits per heavy atom. The molecule has 0 aliphatic carbocycles. The molecule has 1 aromatic carbocycles. The highest BCUT2D eigenvalue weighted by atomic mass is 16.5. The van der Waals surface area contributed by atoms with Crippen molar-refractivity contribution in [3.8, 4) is 0 Å². The molecular weight excluding hydrogens is 216 g/mol. The number of rotatable bonds is 4. The zero-order valence-electron chi connectivity index (χ0n) is 10.0. The van der Waals surface area contributed by atoms with Crippen LogP contribution in [0.2, 0.25) is 0 Å². The minimum atomic E-state index is -0.0261.